The van der Waals surface area contributed by atoms with Crippen molar-refractivity contribution in [1.29, 1.82) is 0 Å². The van der Waals surface area contributed by atoms with Crippen LogP contribution in [-0.4, -0.2) is 38.1 Å². The molecule has 6 heteroatoms. The molecule has 0 aromatic heterocycles. The molecule has 5 nitrogen and oxygen atoms in total. The number of rotatable bonds is 11. The van der Waals surface area contributed by atoms with Crippen LogP contribution in [-0.2, 0) is 23.2 Å². The average molecular weight is 537 g/mol. The summed E-state index contributed by atoms with van der Waals surface area (Å²) in [5.41, 5.74) is 1.18. The van der Waals surface area contributed by atoms with Crippen molar-refractivity contribution >= 4 is 25.9 Å². The lowest BCUT2D eigenvalue weighted by Crippen LogP contribution is -2.68. The van der Waals surface area contributed by atoms with E-state index < -0.39 is 26.5 Å². The van der Waals surface area contributed by atoms with Gasteiger partial charge < -0.3 is 8.85 Å². The number of Topliss-reactive ketones (excluding diaryl/α,β-unsaturated/α-hetero) is 3. The molecular weight excluding hydrogens is 480 g/mol. The van der Waals surface area contributed by atoms with Gasteiger partial charge in [0.2, 0.25) is 0 Å². The minimum Gasteiger partial charge on any atom is -0.389 e. The van der Waals surface area contributed by atoms with Crippen LogP contribution in [0.25, 0.3) is 0 Å². The number of hydrogen-bond acceptors (Lipinski definition) is 5. The lowest BCUT2D eigenvalue weighted by Gasteiger charge is -2.58. The molecule has 1 aliphatic rings. The van der Waals surface area contributed by atoms with E-state index in [0.717, 1.165) is 6.42 Å². The van der Waals surface area contributed by atoms with Crippen molar-refractivity contribution in [3.8, 4) is 0 Å². The Morgan fingerprint density at radius 1 is 0.838 bits per heavy atom. The lowest BCUT2D eigenvalue weighted by atomic mass is 9.77. The van der Waals surface area contributed by atoms with E-state index in [9.17, 15) is 14.4 Å². The second kappa shape index (κ2) is 12.8. The summed E-state index contributed by atoms with van der Waals surface area (Å²) in [5, 5.41) is -0.586. The van der Waals surface area contributed by atoms with Gasteiger partial charge in [0.05, 0.1) is 18.1 Å². The monoisotopic (exact) mass is 536 g/mol. The van der Waals surface area contributed by atoms with E-state index in [1.54, 1.807) is 6.92 Å². The topological polar surface area (TPSA) is 69.7 Å². The van der Waals surface area contributed by atoms with Crippen LogP contribution in [0.4, 0.5) is 0 Å². The van der Waals surface area contributed by atoms with Crippen LogP contribution >= 0.6 is 0 Å². The highest BCUT2D eigenvalue weighted by Crippen LogP contribution is 2.57. The zero-order valence-electron chi connectivity index (χ0n) is 26.3. The molecular formula is C31H56O5Si. The highest BCUT2D eigenvalue weighted by Gasteiger charge is 2.64. The maximum absolute atomic E-state index is 13.8. The summed E-state index contributed by atoms with van der Waals surface area (Å²) in [4.78, 5) is 40.0. The van der Waals surface area contributed by atoms with Crippen LogP contribution in [0.1, 0.15) is 116 Å². The molecule has 37 heavy (non-hydrogen) atoms. The fraction of sp³-hybridized carbons (Fsp3) is 0.839. The molecule has 0 N–H and O–H groups in total. The molecule has 0 aliphatic carbocycles. The summed E-state index contributed by atoms with van der Waals surface area (Å²) in [5.74, 6) is -1.79. The van der Waals surface area contributed by atoms with E-state index in [4.69, 9.17) is 8.85 Å². The van der Waals surface area contributed by atoms with Crippen molar-refractivity contribution in [3.63, 3.8) is 0 Å². The molecule has 0 spiro atoms. The lowest BCUT2D eigenvalue weighted by molar-refractivity contribution is -0.146. The van der Waals surface area contributed by atoms with Crippen LogP contribution in [0, 0.1) is 29.6 Å². The zero-order chi connectivity index (χ0) is 29.1. The summed E-state index contributed by atoms with van der Waals surface area (Å²) in [6.45, 7) is 28.4. The van der Waals surface area contributed by atoms with Crippen LogP contribution < -0.4 is 0 Å². The number of hydrogen-bond donors (Lipinski definition) is 0. The molecule has 0 radical (unpaired) electrons. The predicted octanol–water partition coefficient (Wildman–Crippen LogP) is 7.86. The average Bonchev–Trinajstić information content (AvgIpc) is 2.79. The van der Waals surface area contributed by atoms with Gasteiger partial charge in [-0.3, -0.25) is 14.4 Å². The van der Waals surface area contributed by atoms with Crippen molar-refractivity contribution in [2.45, 2.75) is 138 Å². The van der Waals surface area contributed by atoms with Gasteiger partial charge >= 0.3 is 8.56 Å². The largest absolute Gasteiger partial charge is 0.389 e. The van der Waals surface area contributed by atoms with Crippen molar-refractivity contribution in [1.82, 2.24) is 0 Å². The normalized spacial score (nSPS) is 26.2. The first-order valence-corrected chi connectivity index (χ1v) is 16.2. The summed E-state index contributed by atoms with van der Waals surface area (Å²) in [6.07, 6.45) is 3.44. The molecule has 1 heterocycles. The van der Waals surface area contributed by atoms with Gasteiger partial charge in [0, 0.05) is 40.2 Å². The van der Waals surface area contributed by atoms with Gasteiger partial charge in [0.15, 0.2) is 0 Å². The Morgan fingerprint density at radius 3 is 1.70 bits per heavy atom. The fourth-order valence-corrected chi connectivity index (χ4v) is 11.7. The van der Waals surface area contributed by atoms with Gasteiger partial charge in [0.1, 0.15) is 17.3 Å². The van der Waals surface area contributed by atoms with Crippen molar-refractivity contribution in [2.75, 3.05) is 0 Å². The number of allylic oxidation sites excluding steroid dienone is 2. The first-order chi connectivity index (χ1) is 16.8. The fourth-order valence-electron chi connectivity index (χ4n) is 6.40. The van der Waals surface area contributed by atoms with Gasteiger partial charge in [-0.05, 0) is 26.7 Å². The van der Waals surface area contributed by atoms with Gasteiger partial charge in [-0.1, -0.05) is 94.7 Å². The van der Waals surface area contributed by atoms with Crippen molar-refractivity contribution in [3.05, 3.63) is 11.6 Å². The maximum Gasteiger partial charge on any atom is 0.349 e. The molecule has 0 aromatic rings. The number of carbonyl (C=O) groups excluding carboxylic acids is 3. The first kappa shape index (κ1) is 33.9. The predicted molar refractivity (Wildman–Crippen MR) is 155 cm³/mol. The molecule has 1 rings (SSSR count). The second-order valence-corrected chi connectivity index (χ2v) is 18.3. The van der Waals surface area contributed by atoms with E-state index in [2.05, 4.69) is 54.5 Å². The summed E-state index contributed by atoms with van der Waals surface area (Å²) < 4.78 is 14.0. The Hall–Kier alpha value is -1.11. The molecule has 0 aromatic carbocycles. The van der Waals surface area contributed by atoms with Crippen molar-refractivity contribution < 1.29 is 23.2 Å². The molecule has 0 bridgehead atoms. The highest BCUT2D eigenvalue weighted by atomic mass is 28.4. The quantitative estimate of drug-likeness (QED) is 0.153. The first-order valence-electron chi connectivity index (χ1n) is 14.4. The van der Waals surface area contributed by atoms with E-state index >= 15 is 0 Å². The Labute approximate surface area is 228 Å². The van der Waals surface area contributed by atoms with Crippen LogP contribution in [0.2, 0.25) is 10.1 Å². The summed E-state index contributed by atoms with van der Waals surface area (Å²) in [6, 6.07) is 0. The third kappa shape index (κ3) is 7.30. The smallest absolute Gasteiger partial charge is 0.349 e. The molecule has 214 valence electrons. The molecule has 7 atom stereocenters. The van der Waals surface area contributed by atoms with E-state index in [1.165, 1.54) is 5.57 Å². The number of ketones is 3. The molecule has 1 saturated heterocycles. The standard InChI is InChI=1S/C31H56O5Si/c1-15-17-19(3)18-20(4)26(33)22(6)27(34)23(7)29-24(8)28(21(5)25(32)16-2)35-37(36-29,30(9,10)11)31(12,13)14/h17,20-24,28-29H,15-16,18H2,1-14H3/b19-17+/t20-,21-,22+,23-,24+,28+,29-/m1/s1. The Bertz CT molecular complexity index is 833. The zero-order valence-corrected chi connectivity index (χ0v) is 27.3. The molecule has 0 unspecified atom stereocenters. The van der Waals surface area contributed by atoms with Crippen LogP contribution in [0.15, 0.2) is 11.6 Å². The molecule has 1 aliphatic heterocycles. The highest BCUT2D eigenvalue weighted by molar-refractivity contribution is 6.73. The van der Waals surface area contributed by atoms with E-state index in [-0.39, 0.29) is 51.3 Å². The van der Waals surface area contributed by atoms with Gasteiger partial charge in [-0.2, -0.15) is 0 Å². The third-order valence-electron chi connectivity index (χ3n) is 8.43. The Balaban J connectivity index is 3.45. The van der Waals surface area contributed by atoms with Gasteiger partial charge in [-0.25, -0.2) is 0 Å². The van der Waals surface area contributed by atoms with Crippen molar-refractivity contribution in [2.24, 2.45) is 29.6 Å². The molecule has 1 fully saturated rings. The summed E-state index contributed by atoms with van der Waals surface area (Å²) in [7, 11) is -3.00. The van der Waals surface area contributed by atoms with Crippen LogP contribution in [0.5, 0.6) is 0 Å². The van der Waals surface area contributed by atoms with Gasteiger partial charge in [0.25, 0.3) is 0 Å². The number of carbonyl (C=O) groups is 3. The summed E-state index contributed by atoms with van der Waals surface area (Å²) >= 11 is 0. The van der Waals surface area contributed by atoms with Crippen LogP contribution in [0.3, 0.4) is 0 Å². The third-order valence-corrected chi connectivity index (χ3v) is 13.6. The molecule has 0 amide bonds. The minimum absolute atomic E-state index is 0.0124. The van der Waals surface area contributed by atoms with Gasteiger partial charge in [-0.15, -0.1) is 0 Å². The Kier molecular flexibility index (Phi) is 11.8. The maximum atomic E-state index is 13.8. The van der Waals surface area contributed by atoms with E-state index in [1.807, 2.05) is 41.5 Å². The second-order valence-electron chi connectivity index (χ2n) is 13.6. The van der Waals surface area contributed by atoms with E-state index in [0.29, 0.717) is 12.8 Å². The SMILES string of the molecule is CC/C=C(\C)C[C@@H](C)C(=O)[C@H](C)C(=O)[C@@H](C)[C@H]1O[Si](C(C)(C)C)(C(C)(C)C)O[C@@H]([C@H](C)C(=O)CC)[C@@H]1C. The molecule has 0 saturated carbocycles. The minimum atomic E-state index is -3.00. The Morgan fingerprint density at radius 2 is 1.30 bits per heavy atom.